The van der Waals surface area contributed by atoms with Gasteiger partial charge in [0.25, 0.3) is 0 Å². The minimum atomic E-state index is -3.56. The minimum absolute atomic E-state index is 0.114. The largest absolute Gasteiger partial charge is 0.481 e. The van der Waals surface area contributed by atoms with Crippen molar-refractivity contribution >= 4 is 28.4 Å². The Morgan fingerprint density at radius 2 is 2.16 bits per heavy atom. The SMILES string of the molecule is C=NN1CCCO/C1=C(/C)S(N)(=O)=NC(=O)Nc1cc(C)ccc1-c1ccnc(OC)c1. The third kappa shape index (κ3) is 5.24. The standard InChI is InChI=1S/C21H26N6O4S/c1-14-6-7-17(16-8-9-24-19(13-16)30-4)18(12-14)25-21(28)26-32(22,29)15(2)20-27(23-3)10-5-11-31-20/h6-9,12-13H,3,5,10-11H2,1-2,4H3,(H3,22,25,26,28,29)/b20-15-. The van der Waals surface area contributed by atoms with Crippen LogP contribution in [0.15, 0.2) is 56.8 Å². The number of nitrogens with two attached hydrogens (primary N) is 1. The van der Waals surface area contributed by atoms with Crippen molar-refractivity contribution < 1.29 is 18.5 Å². The van der Waals surface area contributed by atoms with Crippen LogP contribution < -0.4 is 15.2 Å². The van der Waals surface area contributed by atoms with Crippen LogP contribution in [0, 0.1) is 6.92 Å². The van der Waals surface area contributed by atoms with Crippen molar-refractivity contribution in [1.82, 2.24) is 9.99 Å². The summed E-state index contributed by atoms with van der Waals surface area (Å²) in [4.78, 5) is 16.9. The van der Waals surface area contributed by atoms with Crippen molar-refractivity contribution in [2.75, 3.05) is 25.6 Å². The van der Waals surface area contributed by atoms with Gasteiger partial charge in [-0.15, -0.1) is 4.36 Å². The Hall–Kier alpha value is -3.44. The topological polar surface area (TPSA) is 132 Å². The predicted octanol–water partition coefficient (Wildman–Crippen LogP) is 3.47. The molecule has 11 heteroatoms. The maximum absolute atomic E-state index is 13.1. The van der Waals surface area contributed by atoms with Gasteiger partial charge < -0.3 is 14.8 Å². The molecule has 1 aliphatic rings. The van der Waals surface area contributed by atoms with Crippen molar-refractivity contribution in [2.45, 2.75) is 20.3 Å². The van der Waals surface area contributed by atoms with E-state index in [-0.39, 0.29) is 10.8 Å². The summed E-state index contributed by atoms with van der Waals surface area (Å²) in [6.07, 6.45) is 2.34. The second-order valence-corrected chi connectivity index (χ2v) is 8.99. The lowest BCUT2D eigenvalue weighted by Crippen LogP contribution is -2.30. The van der Waals surface area contributed by atoms with Gasteiger partial charge in [-0.3, -0.25) is 0 Å². The van der Waals surface area contributed by atoms with Crippen LogP contribution in [0.4, 0.5) is 10.5 Å². The van der Waals surface area contributed by atoms with Gasteiger partial charge in [0.05, 0.1) is 24.3 Å². The number of carbonyl (C=O) groups is 1. The molecule has 0 spiro atoms. The third-order valence-electron chi connectivity index (χ3n) is 4.79. The highest BCUT2D eigenvalue weighted by molar-refractivity contribution is 7.95. The molecule has 1 saturated heterocycles. The lowest BCUT2D eigenvalue weighted by Gasteiger charge is -2.28. The highest BCUT2D eigenvalue weighted by Gasteiger charge is 2.23. The van der Waals surface area contributed by atoms with Crippen LogP contribution in [0.1, 0.15) is 18.9 Å². The number of amides is 2. The molecule has 0 aliphatic carbocycles. The summed E-state index contributed by atoms with van der Waals surface area (Å²) in [5, 5.41) is 13.9. The monoisotopic (exact) mass is 458 g/mol. The van der Waals surface area contributed by atoms with Gasteiger partial charge in [0.1, 0.15) is 9.92 Å². The molecule has 32 heavy (non-hydrogen) atoms. The van der Waals surface area contributed by atoms with E-state index in [2.05, 4.69) is 26.5 Å². The smallest absolute Gasteiger partial charge is 0.354 e. The lowest BCUT2D eigenvalue weighted by molar-refractivity contribution is 0.0656. The Labute approximate surface area is 187 Å². The fourth-order valence-electron chi connectivity index (χ4n) is 3.13. The number of pyridine rings is 1. The van der Waals surface area contributed by atoms with Gasteiger partial charge in [-0.1, -0.05) is 12.1 Å². The Balaban J connectivity index is 1.94. The highest BCUT2D eigenvalue weighted by Crippen LogP contribution is 2.31. The number of urea groups is 1. The molecule has 3 N–H and O–H groups in total. The molecular weight excluding hydrogens is 432 g/mol. The van der Waals surface area contributed by atoms with Gasteiger partial charge in [0, 0.05) is 37.5 Å². The normalized spacial score (nSPS) is 16.9. The van der Waals surface area contributed by atoms with E-state index < -0.39 is 15.9 Å². The number of hydrogen-bond donors (Lipinski definition) is 2. The summed E-state index contributed by atoms with van der Waals surface area (Å²) in [6, 6.07) is 8.24. The zero-order valence-electron chi connectivity index (χ0n) is 18.2. The van der Waals surface area contributed by atoms with Crippen molar-refractivity contribution in [3.63, 3.8) is 0 Å². The molecule has 2 amide bonds. The summed E-state index contributed by atoms with van der Waals surface area (Å²) < 4.78 is 27.5. The first-order chi connectivity index (χ1) is 15.2. The molecule has 1 unspecified atom stereocenters. The van der Waals surface area contributed by atoms with Crippen LogP contribution in [-0.4, -0.2) is 47.2 Å². The Morgan fingerprint density at radius 3 is 2.88 bits per heavy atom. The van der Waals surface area contributed by atoms with E-state index in [1.165, 1.54) is 19.0 Å². The molecule has 0 radical (unpaired) electrons. The van der Waals surface area contributed by atoms with Crippen molar-refractivity contribution in [1.29, 1.82) is 0 Å². The number of ether oxygens (including phenoxy) is 2. The molecule has 2 heterocycles. The zero-order valence-corrected chi connectivity index (χ0v) is 19.0. The van der Waals surface area contributed by atoms with Crippen LogP contribution in [0.5, 0.6) is 5.88 Å². The first kappa shape index (κ1) is 23.2. The van der Waals surface area contributed by atoms with E-state index in [0.29, 0.717) is 24.7 Å². The molecular formula is C21H26N6O4S. The summed E-state index contributed by atoms with van der Waals surface area (Å²) in [5.41, 5.74) is 2.90. The molecule has 0 saturated carbocycles. The first-order valence-corrected chi connectivity index (χ1v) is 11.4. The van der Waals surface area contributed by atoms with Crippen molar-refractivity contribution in [3.8, 4) is 17.0 Å². The number of aromatic nitrogens is 1. The number of hydrogen-bond acceptors (Lipinski definition) is 7. The molecule has 170 valence electrons. The van der Waals surface area contributed by atoms with Gasteiger partial charge in [0.2, 0.25) is 11.8 Å². The van der Waals surface area contributed by atoms with Gasteiger partial charge >= 0.3 is 6.03 Å². The number of carbonyl (C=O) groups excluding carboxylic acids is 1. The van der Waals surface area contributed by atoms with Gasteiger partial charge in [0.15, 0.2) is 0 Å². The molecule has 1 atom stereocenters. The number of nitrogens with zero attached hydrogens (tertiary/aromatic N) is 4. The molecule has 1 aromatic heterocycles. The van der Waals surface area contributed by atoms with Crippen molar-refractivity contribution in [2.24, 2.45) is 14.6 Å². The van der Waals surface area contributed by atoms with E-state index in [0.717, 1.165) is 23.1 Å². The van der Waals surface area contributed by atoms with E-state index in [1.54, 1.807) is 24.4 Å². The second-order valence-electron chi connectivity index (χ2n) is 7.05. The van der Waals surface area contributed by atoms with E-state index in [1.807, 2.05) is 19.1 Å². The van der Waals surface area contributed by atoms with Crippen LogP contribution in [0.3, 0.4) is 0 Å². The first-order valence-electron chi connectivity index (χ1n) is 9.80. The summed E-state index contributed by atoms with van der Waals surface area (Å²) in [5.74, 6) is 0.639. The van der Waals surface area contributed by atoms with E-state index in [4.69, 9.17) is 14.6 Å². The van der Waals surface area contributed by atoms with Crippen LogP contribution >= 0.6 is 0 Å². The Bertz CT molecular complexity index is 1190. The van der Waals surface area contributed by atoms with Crippen molar-refractivity contribution in [3.05, 3.63) is 52.9 Å². The molecule has 3 rings (SSSR count). The van der Waals surface area contributed by atoms with Crippen LogP contribution in [0.25, 0.3) is 11.1 Å². The molecule has 10 nitrogen and oxygen atoms in total. The molecule has 0 bridgehead atoms. The molecule has 1 aromatic carbocycles. The molecule has 2 aromatic rings. The highest BCUT2D eigenvalue weighted by atomic mass is 32.2. The number of anilines is 1. The quantitative estimate of drug-likeness (QED) is 0.660. The summed E-state index contributed by atoms with van der Waals surface area (Å²) >= 11 is 0. The fourth-order valence-corrected chi connectivity index (χ4v) is 3.98. The average Bonchev–Trinajstić information content (AvgIpc) is 2.78. The van der Waals surface area contributed by atoms with E-state index >= 15 is 0 Å². The fraction of sp³-hybridized carbons (Fsp3) is 0.286. The number of methoxy groups -OCH3 is 1. The van der Waals surface area contributed by atoms with E-state index in [9.17, 15) is 9.00 Å². The summed E-state index contributed by atoms with van der Waals surface area (Å²) in [7, 11) is -2.04. The number of hydrazone groups is 1. The minimum Gasteiger partial charge on any atom is -0.481 e. The molecule has 1 aliphatic heterocycles. The number of aryl methyl sites for hydroxylation is 1. The third-order valence-corrected chi connectivity index (χ3v) is 6.28. The van der Waals surface area contributed by atoms with Gasteiger partial charge in [-0.25, -0.2) is 24.1 Å². The Morgan fingerprint density at radius 1 is 1.38 bits per heavy atom. The van der Waals surface area contributed by atoms with Crippen LogP contribution in [0.2, 0.25) is 0 Å². The number of benzene rings is 1. The Kier molecular flexibility index (Phi) is 7.11. The lowest BCUT2D eigenvalue weighted by atomic mass is 10.0. The number of allylic oxidation sites excluding steroid dienone is 1. The van der Waals surface area contributed by atoms with Crippen LogP contribution in [-0.2, 0) is 14.7 Å². The van der Waals surface area contributed by atoms with Gasteiger partial charge in [-0.05, 0) is 37.1 Å². The number of rotatable bonds is 5. The predicted molar refractivity (Wildman–Crippen MR) is 124 cm³/mol. The van der Waals surface area contributed by atoms with Gasteiger partial charge in [-0.2, -0.15) is 5.10 Å². The maximum atomic E-state index is 13.1. The molecule has 1 fully saturated rings. The zero-order chi connectivity index (χ0) is 23.3. The average molecular weight is 459 g/mol. The second kappa shape index (κ2) is 9.79. The summed E-state index contributed by atoms with van der Waals surface area (Å²) in [6.45, 7) is 7.83. The number of nitrogens with one attached hydrogen (secondary N) is 1. The maximum Gasteiger partial charge on any atom is 0.354 e.